The highest BCUT2D eigenvalue weighted by Gasteiger charge is 2.31. The molecule has 0 unspecified atom stereocenters. The second-order valence-electron chi connectivity index (χ2n) is 8.41. The molecular weight excluding hydrogens is 428 g/mol. The standard InChI is InChI=1S/C24H26N2O5S/c27-22-7-5-19(24(28)25-22)20-15-31-21-6-2-16-14-17(3-4-18(16)23(20)21)30-11-1-8-26-9-12-32(29)13-10-26/h2-4,6,14-15,19H,1,5,7-13H2,(H,25,27,28)/t19-/m1/s1. The molecule has 168 valence electrons. The second-order valence-corrected chi connectivity index (χ2v) is 10.1. The van der Waals surface area contributed by atoms with E-state index in [4.69, 9.17) is 9.15 Å². The Balaban J connectivity index is 1.30. The van der Waals surface area contributed by atoms with Gasteiger partial charge in [-0.25, -0.2) is 0 Å². The maximum atomic E-state index is 12.4. The van der Waals surface area contributed by atoms with E-state index in [2.05, 4.69) is 10.2 Å². The summed E-state index contributed by atoms with van der Waals surface area (Å²) >= 11 is 0. The fourth-order valence-corrected chi connectivity index (χ4v) is 5.71. The molecule has 2 amide bonds. The zero-order chi connectivity index (χ0) is 22.1. The number of furan rings is 1. The number of carbonyl (C=O) groups is 2. The lowest BCUT2D eigenvalue weighted by atomic mass is 9.89. The number of hydrogen-bond acceptors (Lipinski definition) is 6. The maximum Gasteiger partial charge on any atom is 0.234 e. The van der Waals surface area contributed by atoms with Gasteiger partial charge in [-0.15, -0.1) is 0 Å². The van der Waals surface area contributed by atoms with Crippen LogP contribution in [0.1, 0.15) is 30.7 Å². The maximum absolute atomic E-state index is 12.4. The van der Waals surface area contributed by atoms with Crippen molar-refractivity contribution >= 4 is 44.4 Å². The van der Waals surface area contributed by atoms with E-state index in [1.165, 1.54) is 0 Å². The predicted octanol–water partition coefficient (Wildman–Crippen LogP) is 2.94. The van der Waals surface area contributed by atoms with Gasteiger partial charge in [0.25, 0.3) is 0 Å². The van der Waals surface area contributed by atoms with Gasteiger partial charge in [-0.2, -0.15) is 0 Å². The Bertz CT molecular complexity index is 1190. The van der Waals surface area contributed by atoms with Crippen LogP contribution in [0.4, 0.5) is 0 Å². The van der Waals surface area contributed by atoms with Crippen molar-refractivity contribution < 1.29 is 23.0 Å². The number of imide groups is 1. The first kappa shape index (κ1) is 21.2. The predicted molar refractivity (Wildman–Crippen MR) is 123 cm³/mol. The van der Waals surface area contributed by atoms with Gasteiger partial charge >= 0.3 is 0 Å². The first-order valence-electron chi connectivity index (χ1n) is 11.1. The van der Waals surface area contributed by atoms with Gasteiger partial charge in [0.15, 0.2) is 0 Å². The van der Waals surface area contributed by atoms with Crippen LogP contribution in [0.5, 0.6) is 5.75 Å². The zero-order valence-electron chi connectivity index (χ0n) is 17.8. The molecule has 0 aliphatic carbocycles. The molecule has 1 atom stereocenters. The molecular formula is C24H26N2O5S. The second kappa shape index (κ2) is 9.03. The van der Waals surface area contributed by atoms with Gasteiger partial charge in [0.05, 0.1) is 18.8 Å². The summed E-state index contributed by atoms with van der Waals surface area (Å²) in [5, 5.41) is 5.38. The van der Waals surface area contributed by atoms with Crippen LogP contribution < -0.4 is 10.1 Å². The average Bonchev–Trinajstić information content (AvgIpc) is 3.22. The number of nitrogens with one attached hydrogen (secondary N) is 1. The van der Waals surface area contributed by atoms with E-state index in [0.717, 1.165) is 70.6 Å². The molecule has 2 saturated heterocycles. The van der Waals surface area contributed by atoms with Gasteiger partial charge in [0, 0.05) is 59.3 Å². The van der Waals surface area contributed by atoms with Crippen LogP contribution in [0.2, 0.25) is 0 Å². The molecule has 0 radical (unpaired) electrons. The molecule has 1 aromatic heterocycles. The van der Waals surface area contributed by atoms with Crippen molar-refractivity contribution in [2.45, 2.75) is 25.2 Å². The van der Waals surface area contributed by atoms with Crippen LogP contribution in [0.25, 0.3) is 21.7 Å². The van der Waals surface area contributed by atoms with Crippen molar-refractivity contribution in [2.75, 3.05) is 37.7 Å². The molecule has 2 aromatic carbocycles. The first-order chi connectivity index (χ1) is 15.6. The number of ether oxygens (including phenoxy) is 1. The van der Waals surface area contributed by atoms with Crippen LogP contribution in [0, 0.1) is 0 Å². The van der Waals surface area contributed by atoms with Gasteiger partial charge in [0.1, 0.15) is 11.3 Å². The smallest absolute Gasteiger partial charge is 0.234 e. The normalized spacial score (nSPS) is 20.7. The topological polar surface area (TPSA) is 88.8 Å². The molecule has 2 fully saturated rings. The Labute approximate surface area is 188 Å². The van der Waals surface area contributed by atoms with Gasteiger partial charge in [-0.1, -0.05) is 6.07 Å². The van der Waals surface area contributed by atoms with Crippen molar-refractivity contribution in [2.24, 2.45) is 0 Å². The highest BCUT2D eigenvalue weighted by atomic mass is 32.2. The lowest BCUT2D eigenvalue weighted by Gasteiger charge is -2.25. The van der Waals surface area contributed by atoms with E-state index in [-0.39, 0.29) is 17.7 Å². The molecule has 5 rings (SSSR count). The number of rotatable bonds is 6. The number of nitrogens with zero attached hydrogens (tertiary/aromatic N) is 1. The van der Waals surface area contributed by atoms with E-state index in [1.807, 2.05) is 30.3 Å². The average molecular weight is 455 g/mol. The summed E-state index contributed by atoms with van der Waals surface area (Å²) in [5.41, 5.74) is 1.56. The van der Waals surface area contributed by atoms with Crippen molar-refractivity contribution in [3.63, 3.8) is 0 Å². The Morgan fingerprint density at radius 2 is 2.00 bits per heavy atom. The van der Waals surface area contributed by atoms with Gasteiger partial charge in [0.2, 0.25) is 11.8 Å². The lowest BCUT2D eigenvalue weighted by molar-refractivity contribution is -0.134. The molecule has 0 saturated carbocycles. The van der Waals surface area contributed by atoms with Gasteiger partial charge in [-0.05, 0) is 47.9 Å². The van der Waals surface area contributed by atoms with Crippen molar-refractivity contribution in [1.82, 2.24) is 10.2 Å². The summed E-state index contributed by atoms with van der Waals surface area (Å²) < 4.78 is 23.2. The highest BCUT2D eigenvalue weighted by Crippen LogP contribution is 2.37. The van der Waals surface area contributed by atoms with Gasteiger partial charge in [-0.3, -0.25) is 19.1 Å². The minimum atomic E-state index is -0.643. The van der Waals surface area contributed by atoms with Crippen LogP contribution in [0.3, 0.4) is 0 Å². The summed E-state index contributed by atoms with van der Waals surface area (Å²) in [4.78, 5) is 26.3. The summed E-state index contributed by atoms with van der Waals surface area (Å²) in [6, 6.07) is 9.89. The molecule has 2 aliphatic heterocycles. The van der Waals surface area contributed by atoms with E-state index in [1.54, 1.807) is 6.26 Å². The van der Waals surface area contributed by atoms with E-state index in [9.17, 15) is 13.8 Å². The molecule has 3 heterocycles. The number of benzene rings is 2. The fraction of sp³-hybridized carbons (Fsp3) is 0.417. The molecule has 7 nitrogen and oxygen atoms in total. The van der Waals surface area contributed by atoms with E-state index < -0.39 is 10.8 Å². The minimum absolute atomic E-state index is 0.221. The molecule has 2 aliphatic rings. The van der Waals surface area contributed by atoms with Crippen LogP contribution in [-0.2, 0) is 20.4 Å². The SMILES string of the molecule is O=C1CC[C@H](c2coc3ccc4cc(OCCCN5CCS(=O)CC5)ccc4c23)C(=O)N1. The lowest BCUT2D eigenvalue weighted by Crippen LogP contribution is -2.39. The molecule has 8 heteroatoms. The first-order valence-corrected chi connectivity index (χ1v) is 12.5. The zero-order valence-corrected chi connectivity index (χ0v) is 18.6. The fourth-order valence-electron chi connectivity index (χ4n) is 4.58. The monoisotopic (exact) mass is 454 g/mol. The Kier molecular flexibility index (Phi) is 5.97. The van der Waals surface area contributed by atoms with E-state index in [0.29, 0.717) is 19.4 Å². The quantitative estimate of drug-likeness (QED) is 0.455. The van der Waals surface area contributed by atoms with Crippen LogP contribution in [0.15, 0.2) is 41.0 Å². The minimum Gasteiger partial charge on any atom is -0.494 e. The Hall–Kier alpha value is -2.71. The number of hydrogen-bond donors (Lipinski definition) is 1. The van der Waals surface area contributed by atoms with Crippen molar-refractivity contribution in [3.05, 3.63) is 42.2 Å². The molecule has 32 heavy (non-hydrogen) atoms. The molecule has 1 N–H and O–H groups in total. The largest absolute Gasteiger partial charge is 0.494 e. The third-order valence-corrected chi connectivity index (χ3v) is 7.60. The summed E-state index contributed by atoms with van der Waals surface area (Å²) in [6.07, 6.45) is 3.39. The third-order valence-electron chi connectivity index (χ3n) is 6.33. The molecule has 0 bridgehead atoms. The van der Waals surface area contributed by atoms with E-state index >= 15 is 0 Å². The number of carbonyl (C=O) groups excluding carboxylic acids is 2. The number of fused-ring (bicyclic) bond motifs is 3. The Morgan fingerprint density at radius 1 is 1.16 bits per heavy atom. The summed E-state index contributed by atoms with van der Waals surface area (Å²) in [6.45, 7) is 3.38. The molecule has 0 spiro atoms. The number of piperidine rings is 1. The highest BCUT2D eigenvalue weighted by molar-refractivity contribution is 7.85. The molecule has 3 aromatic rings. The Morgan fingerprint density at radius 3 is 2.81 bits per heavy atom. The van der Waals surface area contributed by atoms with Crippen LogP contribution in [-0.4, -0.2) is 58.7 Å². The number of amides is 2. The van der Waals surface area contributed by atoms with Crippen LogP contribution >= 0.6 is 0 Å². The van der Waals surface area contributed by atoms with Gasteiger partial charge < -0.3 is 14.1 Å². The third kappa shape index (κ3) is 4.29. The van der Waals surface area contributed by atoms with Crippen molar-refractivity contribution in [3.8, 4) is 5.75 Å². The summed E-state index contributed by atoms with van der Waals surface area (Å²) in [7, 11) is -0.643. The summed E-state index contributed by atoms with van der Waals surface area (Å²) in [5.74, 6) is 1.48. The van der Waals surface area contributed by atoms with Crippen molar-refractivity contribution in [1.29, 1.82) is 0 Å².